The lowest BCUT2D eigenvalue weighted by Gasteiger charge is -2.23. The van der Waals surface area contributed by atoms with Crippen LogP contribution in [-0.2, 0) is 18.4 Å². The Bertz CT molecular complexity index is 241. The fourth-order valence-corrected chi connectivity index (χ4v) is 1.99. The summed E-state index contributed by atoms with van der Waals surface area (Å²) in [5.41, 5.74) is 0.418. The SMILES string of the molecule is C=C(C)C(=O)OCCCN[Si](C)(OC)OC. The first-order valence-electron chi connectivity index (χ1n) is 5.13. The Morgan fingerprint density at radius 3 is 2.38 bits per heavy atom. The molecule has 0 aliphatic heterocycles. The number of hydrogen-bond acceptors (Lipinski definition) is 5. The molecule has 1 N–H and O–H groups in total. The third-order valence-corrected chi connectivity index (χ3v) is 4.58. The lowest BCUT2D eigenvalue weighted by molar-refractivity contribution is -0.138. The summed E-state index contributed by atoms with van der Waals surface area (Å²) in [7, 11) is 1.03. The van der Waals surface area contributed by atoms with Crippen LogP contribution >= 0.6 is 0 Å². The van der Waals surface area contributed by atoms with E-state index >= 15 is 0 Å². The van der Waals surface area contributed by atoms with Crippen molar-refractivity contribution in [3.8, 4) is 0 Å². The Balaban J connectivity index is 3.61. The van der Waals surface area contributed by atoms with Crippen molar-refractivity contribution < 1.29 is 18.4 Å². The maximum Gasteiger partial charge on any atom is 0.421 e. The highest BCUT2D eigenvalue weighted by molar-refractivity contribution is 6.63. The van der Waals surface area contributed by atoms with Gasteiger partial charge in [-0.3, -0.25) is 4.98 Å². The third kappa shape index (κ3) is 6.01. The first kappa shape index (κ1) is 15.3. The summed E-state index contributed by atoms with van der Waals surface area (Å²) in [6.07, 6.45) is 0.717. The summed E-state index contributed by atoms with van der Waals surface area (Å²) in [6.45, 7) is 8.09. The zero-order valence-electron chi connectivity index (χ0n) is 10.5. The highest BCUT2D eigenvalue weighted by atomic mass is 28.4. The minimum atomic E-state index is -2.20. The van der Waals surface area contributed by atoms with Gasteiger partial charge in [0.05, 0.1) is 6.61 Å². The number of nitrogens with one attached hydrogen (secondary N) is 1. The molecule has 0 radical (unpaired) electrons. The Labute approximate surface area is 98.1 Å². The zero-order valence-corrected chi connectivity index (χ0v) is 11.5. The molecule has 0 amide bonds. The second-order valence-electron chi connectivity index (χ2n) is 3.55. The molecule has 0 unspecified atom stereocenters. The minimum Gasteiger partial charge on any atom is -0.462 e. The van der Waals surface area contributed by atoms with Crippen molar-refractivity contribution in [3.63, 3.8) is 0 Å². The molecule has 0 aliphatic rings. The van der Waals surface area contributed by atoms with Gasteiger partial charge in [-0.25, -0.2) is 4.79 Å². The van der Waals surface area contributed by atoms with Gasteiger partial charge in [-0.2, -0.15) is 0 Å². The molecule has 0 fully saturated rings. The molecular formula is C10H21NO4Si. The quantitative estimate of drug-likeness (QED) is 0.299. The van der Waals surface area contributed by atoms with Crippen LogP contribution in [0.3, 0.4) is 0 Å². The molecule has 0 saturated heterocycles. The number of ether oxygens (including phenoxy) is 1. The van der Waals surface area contributed by atoms with Crippen LogP contribution < -0.4 is 4.98 Å². The minimum absolute atomic E-state index is 0.349. The molecule has 0 atom stereocenters. The second kappa shape index (κ2) is 7.56. The van der Waals surface area contributed by atoms with Gasteiger partial charge in [0.25, 0.3) is 0 Å². The van der Waals surface area contributed by atoms with Gasteiger partial charge in [-0.05, 0) is 26.4 Å². The molecule has 0 aromatic heterocycles. The molecule has 0 aromatic rings. The van der Waals surface area contributed by atoms with Crippen molar-refractivity contribution in [2.24, 2.45) is 0 Å². The van der Waals surface area contributed by atoms with E-state index in [1.54, 1.807) is 21.1 Å². The van der Waals surface area contributed by atoms with Gasteiger partial charge in [-0.15, -0.1) is 0 Å². The first-order valence-corrected chi connectivity index (χ1v) is 7.45. The van der Waals surface area contributed by atoms with E-state index in [0.29, 0.717) is 25.1 Å². The summed E-state index contributed by atoms with van der Waals surface area (Å²) in [5, 5.41) is 0. The second-order valence-corrected chi connectivity index (χ2v) is 6.61. The van der Waals surface area contributed by atoms with Crippen molar-refractivity contribution in [2.45, 2.75) is 19.9 Å². The molecule has 16 heavy (non-hydrogen) atoms. The predicted octanol–water partition coefficient (Wildman–Crippen LogP) is 0.947. The molecule has 0 heterocycles. The average Bonchev–Trinajstić information content (AvgIpc) is 2.27. The van der Waals surface area contributed by atoms with Crippen LogP contribution in [0.15, 0.2) is 12.2 Å². The van der Waals surface area contributed by atoms with Gasteiger partial charge in [0, 0.05) is 19.8 Å². The first-order chi connectivity index (χ1) is 7.45. The van der Waals surface area contributed by atoms with Crippen molar-refractivity contribution in [1.82, 2.24) is 4.98 Å². The fraction of sp³-hybridized carbons (Fsp3) is 0.700. The molecule has 0 spiro atoms. The van der Waals surface area contributed by atoms with Crippen LogP contribution in [-0.4, -0.2) is 42.1 Å². The molecule has 0 rings (SSSR count). The van der Waals surface area contributed by atoms with Crippen LogP contribution in [0.4, 0.5) is 0 Å². The number of carbonyl (C=O) groups is 1. The molecule has 0 bridgehead atoms. The molecule has 94 valence electrons. The van der Waals surface area contributed by atoms with Crippen molar-refractivity contribution in [1.29, 1.82) is 0 Å². The van der Waals surface area contributed by atoms with E-state index in [2.05, 4.69) is 11.6 Å². The molecule has 0 aromatic carbocycles. The fourth-order valence-electron chi connectivity index (χ4n) is 0.903. The van der Waals surface area contributed by atoms with Crippen LogP contribution in [0.5, 0.6) is 0 Å². The highest BCUT2D eigenvalue weighted by Crippen LogP contribution is 1.99. The predicted molar refractivity (Wildman–Crippen MR) is 64.0 cm³/mol. The molecule has 5 nitrogen and oxygen atoms in total. The molecular weight excluding hydrogens is 226 g/mol. The van der Waals surface area contributed by atoms with Crippen molar-refractivity contribution in [3.05, 3.63) is 12.2 Å². The Hall–Kier alpha value is -0.693. The number of esters is 1. The summed E-state index contributed by atoms with van der Waals surface area (Å²) in [6, 6.07) is 0. The number of hydrogen-bond donors (Lipinski definition) is 1. The van der Waals surface area contributed by atoms with E-state index in [1.165, 1.54) is 0 Å². The van der Waals surface area contributed by atoms with E-state index in [1.807, 2.05) is 6.55 Å². The van der Waals surface area contributed by atoms with Gasteiger partial charge in [0.1, 0.15) is 0 Å². The molecule has 0 aliphatic carbocycles. The number of rotatable bonds is 8. The van der Waals surface area contributed by atoms with Crippen molar-refractivity contribution in [2.75, 3.05) is 27.4 Å². The third-order valence-electron chi connectivity index (χ3n) is 2.13. The summed E-state index contributed by atoms with van der Waals surface area (Å²) < 4.78 is 15.4. The smallest absolute Gasteiger partial charge is 0.421 e. The summed E-state index contributed by atoms with van der Waals surface area (Å²) in [5.74, 6) is -0.349. The van der Waals surface area contributed by atoms with E-state index in [-0.39, 0.29) is 5.97 Å². The van der Waals surface area contributed by atoms with Gasteiger partial charge in [0.15, 0.2) is 0 Å². The van der Waals surface area contributed by atoms with E-state index < -0.39 is 8.72 Å². The Kier molecular flexibility index (Phi) is 7.23. The van der Waals surface area contributed by atoms with Gasteiger partial charge >= 0.3 is 14.7 Å². The summed E-state index contributed by atoms with van der Waals surface area (Å²) >= 11 is 0. The van der Waals surface area contributed by atoms with Crippen molar-refractivity contribution >= 4 is 14.7 Å². The Morgan fingerprint density at radius 2 is 1.94 bits per heavy atom. The summed E-state index contributed by atoms with van der Waals surface area (Å²) in [4.78, 5) is 14.2. The maximum atomic E-state index is 11.0. The molecule has 6 heteroatoms. The largest absolute Gasteiger partial charge is 0.462 e. The van der Waals surface area contributed by atoms with E-state index in [0.717, 1.165) is 0 Å². The normalized spacial score (nSPS) is 11.2. The number of carbonyl (C=O) groups excluding carboxylic acids is 1. The maximum absolute atomic E-state index is 11.0. The monoisotopic (exact) mass is 247 g/mol. The molecule has 0 saturated carbocycles. The lowest BCUT2D eigenvalue weighted by atomic mass is 10.4. The van der Waals surface area contributed by atoms with Gasteiger partial charge in [-0.1, -0.05) is 6.58 Å². The van der Waals surface area contributed by atoms with Crippen LogP contribution in [0.2, 0.25) is 6.55 Å². The lowest BCUT2D eigenvalue weighted by Crippen LogP contribution is -2.52. The highest BCUT2D eigenvalue weighted by Gasteiger charge is 2.28. The van der Waals surface area contributed by atoms with Gasteiger partial charge < -0.3 is 13.6 Å². The average molecular weight is 247 g/mol. The standard InChI is InChI=1S/C10H21NO4Si/c1-9(2)10(12)15-8-6-7-11-16(5,13-3)14-4/h11H,1,6-8H2,2-5H3. The topological polar surface area (TPSA) is 56.8 Å². The van der Waals surface area contributed by atoms with E-state index in [4.69, 9.17) is 13.6 Å². The van der Waals surface area contributed by atoms with Crippen LogP contribution in [0, 0.1) is 0 Å². The van der Waals surface area contributed by atoms with Gasteiger partial charge in [0.2, 0.25) is 0 Å². The van der Waals surface area contributed by atoms with E-state index in [9.17, 15) is 4.79 Å². The zero-order chi connectivity index (χ0) is 12.6. The van der Waals surface area contributed by atoms with Crippen LogP contribution in [0.1, 0.15) is 13.3 Å². The van der Waals surface area contributed by atoms with Crippen LogP contribution in [0.25, 0.3) is 0 Å². The Morgan fingerprint density at radius 1 is 1.38 bits per heavy atom.